The number of hydrogen-bond acceptors (Lipinski definition) is 2. The fourth-order valence-corrected chi connectivity index (χ4v) is 4.53. The van der Waals surface area contributed by atoms with E-state index in [4.69, 9.17) is 21.7 Å². The standard InChI is InChI=1S/C20H24ClFN2.C4H8O/c1-13-19(21)23-20(24(13)12-14-2-3-14)17-6-4-15(5-7-17)16-8-10-18(22)11-9-16;5-3-4-1-2-4/h8-11,14-15,17H,2-7,12H2,1H3;4-5H,1-3H2. The number of imidazole rings is 1. The molecule has 0 radical (unpaired) electrons. The van der Waals surface area contributed by atoms with E-state index in [1.54, 1.807) is 12.1 Å². The Morgan fingerprint density at radius 3 is 2.07 bits per heavy atom. The highest BCUT2D eigenvalue weighted by molar-refractivity contribution is 6.30. The second-order valence-corrected chi connectivity index (χ2v) is 9.48. The van der Waals surface area contributed by atoms with Crippen molar-refractivity contribution in [3.05, 3.63) is 52.3 Å². The van der Waals surface area contributed by atoms with Crippen molar-refractivity contribution in [2.75, 3.05) is 6.61 Å². The van der Waals surface area contributed by atoms with Gasteiger partial charge in [-0.25, -0.2) is 9.37 Å². The van der Waals surface area contributed by atoms with Crippen molar-refractivity contribution in [1.82, 2.24) is 9.55 Å². The van der Waals surface area contributed by atoms with Gasteiger partial charge in [-0.2, -0.15) is 0 Å². The van der Waals surface area contributed by atoms with Gasteiger partial charge in [-0.1, -0.05) is 23.7 Å². The topological polar surface area (TPSA) is 38.0 Å². The molecule has 5 rings (SSSR count). The highest BCUT2D eigenvalue weighted by Gasteiger charge is 2.30. The van der Waals surface area contributed by atoms with E-state index in [2.05, 4.69) is 11.5 Å². The van der Waals surface area contributed by atoms with Crippen LogP contribution in [0.2, 0.25) is 5.15 Å². The molecule has 0 unspecified atom stereocenters. The van der Waals surface area contributed by atoms with E-state index in [1.807, 2.05) is 12.1 Å². The van der Waals surface area contributed by atoms with Gasteiger partial charge in [-0.15, -0.1) is 0 Å². The van der Waals surface area contributed by atoms with Crippen LogP contribution in [0.15, 0.2) is 24.3 Å². The molecule has 0 atom stereocenters. The molecule has 5 heteroatoms. The molecule has 0 saturated heterocycles. The number of rotatable bonds is 5. The molecular formula is C24H32ClFN2O. The van der Waals surface area contributed by atoms with Crippen molar-refractivity contribution in [1.29, 1.82) is 0 Å². The lowest BCUT2D eigenvalue weighted by Crippen LogP contribution is -2.17. The fourth-order valence-electron chi connectivity index (χ4n) is 4.35. The Bertz CT molecular complexity index is 803. The molecule has 0 bridgehead atoms. The van der Waals surface area contributed by atoms with Gasteiger partial charge in [0.15, 0.2) is 0 Å². The maximum absolute atomic E-state index is 13.1. The number of benzene rings is 1. The summed E-state index contributed by atoms with van der Waals surface area (Å²) in [7, 11) is 0. The lowest BCUT2D eigenvalue weighted by Gasteiger charge is -2.29. The summed E-state index contributed by atoms with van der Waals surface area (Å²) < 4.78 is 15.5. The van der Waals surface area contributed by atoms with Crippen molar-refractivity contribution < 1.29 is 9.50 Å². The molecular weight excluding hydrogens is 387 g/mol. The SMILES string of the molecule is Cc1c(Cl)nc(C2CCC(c3ccc(F)cc3)CC2)n1CC1CC1.OCC1CC1. The summed E-state index contributed by atoms with van der Waals surface area (Å²) in [5.41, 5.74) is 2.39. The van der Waals surface area contributed by atoms with E-state index < -0.39 is 0 Å². The van der Waals surface area contributed by atoms with Crippen LogP contribution in [-0.2, 0) is 6.54 Å². The van der Waals surface area contributed by atoms with E-state index in [0.717, 1.165) is 43.8 Å². The van der Waals surface area contributed by atoms with E-state index in [9.17, 15) is 4.39 Å². The quantitative estimate of drug-likeness (QED) is 0.625. The smallest absolute Gasteiger partial charge is 0.150 e. The molecule has 3 fully saturated rings. The van der Waals surface area contributed by atoms with Crippen molar-refractivity contribution in [2.24, 2.45) is 11.8 Å². The monoisotopic (exact) mass is 418 g/mol. The van der Waals surface area contributed by atoms with Crippen LogP contribution in [0.1, 0.15) is 80.3 Å². The minimum absolute atomic E-state index is 0.153. The summed E-state index contributed by atoms with van der Waals surface area (Å²) in [5, 5.41) is 8.88. The highest BCUT2D eigenvalue weighted by Crippen LogP contribution is 2.42. The molecule has 1 N–H and O–H groups in total. The summed E-state index contributed by atoms with van der Waals surface area (Å²) in [4.78, 5) is 4.70. The molecule has 1 aromatic heterocycles. The van der Waals surface area contributed by atoms with Gasteiger partial charge < -0.3 is 9.67 Å². The molecule has 0 aliphatic heterocycles. The van der Waals surface area contributed by atoms with Gasteiger partial charge in [0.2, 0.25) is 0 Å². The van der Waals surface area contributed by atoms with Crippen LogP contribution in [-0.4, -0.2) is 21.3 Å². The molecule has 1 aromatic carbocycles. The number of aromatic nitrogens is 2. The Labute approximate surface area is 178 Å². The second-order valence-electron chi connectivity index (χ2n) is 9.13. The maximum atomic E-state index is 13.1. The summed E-state index contributed by atoms with van der Waals surface area (Å²) >= 11 is 6.33. The lowest BCUT2D eigenvalue weighted by atomic mass is 9.78. The Morgan fingerprint density at radius 1 is 0.966 bits per heavy atom. The third-order valence-electron chi connectivity index (χ3n) is 6.72. The van der Waals surface area contributed by atoms with Gasteiger partial charge in [-0.05, 0) is 93.7 Å². The predicted octanol–water partition coefficient (Wildman–Crippen LogP) is 6.22. The molecule has 158 valence electrons. The molecule has 1 heterocycles. The van der Waals surface area contributed by atoms with Crippen LogP contribution < -0.4 is 0 Å². The minimum atomic E-state index is -0.153. The fraction of sp³-hybridized carbons (Fsp3) is 0.625. The zero-order valence-corrected chi connectivity index (χ0v) is 18.0. The number of nitrogens with zero attached hydrogens (tertiary/aromatic N) is 2. The van der Waals surface area contributed by atoms with E-state index in [0.29, 0.717) is 29.5 Å². The van der Waals surface area contributed by atoms with Gasteiger partial charge >= 0.3 is 0 Å². The first-order valence-corrected chi connectivity index (χ1v) is 11.5. The molecule has 3 aliphatic carbocycles. The molecule has 0 amide bonds. The Kier molecular flexibility index (Phi) is 6.60. The molecule has 2 aromatic rings. The Hall–Kier alpha value is -1.39. The number of aliphatic hydroxyl groups is 1. The molecule has 29 heavy (non-hydrogen) atoms. The predicted molar refractivity (Wildman–Crippen MR) is 115 cm³/mol. The van der Waals surface area contributed by atoms with Gasteiger partial charge in [0, 0.05) is 19.1 Å². The molecule has 3 aliphatic rings. The molecule has 3 saturated carbocycles. The van der Waals surface area contributed by atoms with E-state index >= 15 is 0 Å². The Balaban J connectivity index is 0.000000359. The van der Waals surface area contributed by atoms with E-state index in [-0.39, 0.29) is 5.82 Å². The lowest BCUT2D eigenvalue weighted by molar-refractivity contribution is 0.277. The zero-order valence-electron chi connectivity index (χ0n) is 17.3. The average Bonchev–Trinajstić information content (AvgIpc) is 3.66. The van der Waals surface area contributed by atoms with Crippen molar-refractivity contribution in [3.8, 4) is 0 Å². The largest absolute Gasteiger partial charge is 0.396 e. The van der Waals surface area contributed by atoms with Gasteiger partial charge in [0.05, 0.1) is 5.69 Å². The zero-order chi connectivity index (χ0) is 20.4. The first-order valence-electron chi connectivity index (χ1n) is 11.1. The first-order chi connectivity index (χ1) is 14.0. The van der Waals surface area contributed by atoms with Crippen LogP contribution in [0, 0.1) is 24.6 Å². The van der Waals surface area contributed by atoms with E-state index in [1.165, 1.54) is 37.1 Å². The molecule has 0 spiro atoms. The summed E-state index contributed by atoms with van der Waals surface area (Å²) in [6, 6.07) is 7.03. The van der Waals surface area contributed by atoms with Crippen LogP contribution in [0.5, 0.6) is 0 Å². The summed E-state index contributed by atoms with van der Waals surface area (Å²) in [6.07, 6.45) is 9.76. The van der Waals surface area contributed by atoms with Crippen LogP contribution in [0.25, 0.3) is 0 Å². The number of halogens is 2. The maximum Gasteiger partial charge on any atom is 0.150 e. The minimum Gasteiger partial charge on any atom is -0.396 e. The highest BCUT2D eigenvalue weighted by atomic mass is 35.5. The first kappa shape index (κ1) is 20.9. The average molecular weight is 419 g/mol. The van der Waals surface area contributed by atoms with Gasteiger partial charge in [-0.3, -0.25) is 0 Å². The number of hydrogen-bond donors (Lipinski definition) is 1. The third-order valence-corrected chi connectivity index (χ3v) is 7.08. The van der Waals surface area contributed by atoms with Crippen LogP contribution >= 0.6 is 11.6 Å². The third kappa shape index (κ3) is 5.40. The van der Waals surface area contributed by atoms with Crippen molar-refractivity contribution in [3.63, 3.8) is 0 Å². The summed E-state index contributed by atoms with van der Waals surface area (Å²) in [6.45, 7) is 3.59. The van der Waals surface area contributed by atoms with Gasteiger partial charge in [0.1, 0.15) is 16.8 Å². The second kappa shape index (κ2) is 9.18. The summed E-state index contributed by atoms with van der Waals surface area (Å²) in [5.74, 6) is 3.61. The van der Waals surface area contributed by atoms with Crippen LogP contribution in [0.3, 0.4) is 0 Å². The van der Waals surface area contributed by atoms with Gasteiger partial charge in [0.25, 0.3) is 0 Å². The van der Waals surface area contributed by atoms with Crippen molar-refractivity contribution >= 4 is 11.6 Å². The Morgan fingerprint density at radius 2 is 1.55 bits per heavy atom. The normalized spacial score (nSPS) is 24.1. The molecule has 3 nitrogen and oxygen atoms in total. The number of aliphatic hydroxyl groups excluding tert-OH is 1. The van der Waals surface area contributed by atoms with Crippen LogP contribution in [0.4, 0.5) is 4.39 Å². The van der Waals surface area contributed by atoms with Crippen molar-refractivity contribution in [2.45, 2.75) is 76.7 Å².